The monoisotopic (exact) mass is 379 g/mol. The predicted octanol–water partition coefficient (Wildman–Crippen LogP) is 3.17. The summed E-state index contributed by atoms with van der Waals surface area (Å²) in [5.41, 5.74) is 3.42. The van der Waals surface area contributed by atoms with E-state index in [0.717, 1.165) is 43.9 Å². The van der Waals surface area contributed by atoms with Crippen molar-refractivity contribution in [3.05, 3.63) is 28.8 Å². The lowest BCUT2D eigenvalue weighted by atomic mass is 9.36. The molecular weight excluding hydrogens is 350 g/mol. The van der Waals surface area contributed by atoms with Gasteiger partial charge < -0.3 is 9.47 Å². The lowest BCUT2D eigenvalue weighted by Gasteiger charge is -2.71. The van der Waals surface area contributed by atoms with E-state index in [2.05, 4.69) is 24.0 Å². The number of hydrogen-bond acceptors (Lipinski definition) is 4. The number of carbonyl (C=O) groups is 1. The number of likely N-dealkylation sites (tertiary alicyclic amines) is 1. The highest BCUT2D eigenvalue weighted by atomic mass is 16.6. The summed E-state index contributed by atoms with van der Waals surface area (Å²) in [5.74, 6) is 2.27. The molecule has 2 spiro atoms. The molecule has 2 aliphatic heterocycles. The number of hydrogen-bond donors (Lipinski definition) is 0. The van der Waals surface area contributed by atoms with Gasteiger partial charge in [0.1, 0.15) is 11.9 Å². The topological polar surface area (TPSA) is 38.8 Å². The Morgan fingerprint density at radius 1 is 1.25 bits per heavy atom. The molecule has 8 rings (SSSR count). The quantitative estimate of drug-likeness (QED) is 0.809. The van der Waals surface area contributed by atoms with Crippen molar-refractivity contribution in [2.45, 2.75) is 75.0 Å². The minimum absolute atomic E-state index is 0.0329. The standard InChI is InChI=1S/C24H29NO3/c1-14-3-6-16-11-17-22-7-8-24(27-2,18(26)12-22)21-23(22,19(16)20(14)28-21)9-10-25(17)13-15-4-5-15/h3,6,15,17,21H,4-5,7-13H2,1-2H3/t17-,21-,22-,23+,24-/m1/s1. The Kier molecular flexibility index (Phi) is 2.84. The van der Waals surface area contributed by atoms with Gasteiger partial charge in [0.05, 0.1) is 0 Å². The molecule has 0 N–H and O–H groups in total. The van der Waals surface area contributed by atoms with E-state index in [-0.39, 0.29) is 16.9 Å². The Morgan fingerprint density at radius 3 is 2.86 bits per heavy atom. The molecule has 148 valence electrons. The number of carbonyl (C=O) groups excluding carboxylic acids is 1. The van der Waals surface area contributed by atoms with Gasteiger partial charge in [0, 0.05) is 42.5 Å². The lowest BCUT2D eigenvalue weighted by molar-refractivity contribution is -0.237. The number of fused-ring (bicyclic) bond motifs is 2. The summed E-state index contributed by atoms with van der Waals surface area (Å²) in [6.07, 6.45) is 7.44. The van der Waals surface area contributed by atoms with Crippen molar-refractivity contribution in [2.24, 2.45) is 11.3 Å². The van der Waals surface area contributed by atoms with E-state index >= 15 is 0 Å². The van der Waals surface area contributed by atoms with Crippen LogP contribution in [0.15, 0.2) is 12.1 Å². The van der Waals surface area contributed by atoms with Gasteiger partial charge in [-0.1, -0.05) is 12.1 Å². The number of piperidine rings is 1. The van der Waals surface area contributed by atoms with Crippen molar-refractivity contribution >= 4 is 5.78 Å². The van der Waals surface area contributed by atoms with E-state index in [1.807, 2.05) is 0 Å². The van der Waals surface area contributed by atoms with E-state index in [9.17, 15) is 4.79 Å². The normalized spacial score (nSPS) is 45.1. The van der Waals surface area contributed by atoms with Gasteiger partial charge in [-0.25, -0.2) is 0 Å². The van der Waals surface area contributed by atoms with Crippen LogP contribution in [0.3, 0.4) is 0 Å². The van der Waals surface area contributed by atoms with E-state index in [0.29, 0.717) is 18.2 Å². The predicted molar refractivity (Wildman–Crippen MR) is 105 cm³/mol. The fourth-order valence-corrected chi connectivity index (χ4v) is 8.24. The molecule has 4 heteroatoms. The molecule has 5 aliphatic carbocycles. The number of benzene rings is 1. The average Bonchev–Trinajstić information content (AvgIpc) is 3.43. The van der Waals surface area contributed by atoms with Crippen LogP contribution in [0.1, 0.15) is 55.2 Å². The number of nitrogens with zero attached hydrogens (tertiary/aromatic N) is 1. The SMILES string of the molecule is CO[C@]12CC[C@@]3(CC1=O)[C@H]1Cc4ccc(C)c5c4[C@@]3(CCN1CC1CC1)[C@H]2O5. The Balaban J connectivity index is 1.50. The summed E-state index contributed by atoms with van der Waals surface area (Å²) in [6.45, 7) is 4.53. The van der Waals surface area contributed by atoms with Gasteiger partial charge in [-0.3, -0.25) is 9.69 Å². The molecule has 4 bridgehead atoms. The Hall–Kier alpha value is -1.39. The maximum absolute atomic E-state index is 13.5. The van der Waals surface area contributed by atoms with Crippen LogP contribution in [-0.2, 0) is 21.4 Å². The number of ether oxygens (including phenoxy) is 2. The molecule has 1 aromatic carbocycles. The molecule has 1 saturated heterocycles. The van der Waals surface area contributed by atoms with E-state index in [1.165, 1.54) is 36.1 Å². The van der Waals surface area contributed by atoms with Crippen molar-refractivity contribution in [1.82, 2.24) is 4.90 Å². The molecule has 0 amide bonds. The third-order valence-electron chi connectivity index (χ3n) is 9.61. The molecular formula is C24H29NO3. The molecule has 5 fully saturated rings. The summed E-state index contributed by atoms with van der Waals surface area (Å²) in [7, 11) is 1.73. The first-order valence-corrected chi connectivity index (χ1v) is 11.2. The molecule has 28 heavy (non-hydrogen) atoms. The van der Waals surface area contributed by atoms with E-state index in [4.69, 9.17) is 9.47 Å². The summed E-state index contributed by atoms with van der Waals surface area (Å²) < 4.78 is 12.8. The van der Waals surface area contributed by atoms with Crippen LogP contribution in [0.4, 0.5) is 0 Å². The second kappa shape index (κ2) is 4.84. The molecule has 2 heterocycles. The van der Waals surface area contributed by atoms with Crippen molar-refractivity contribution < 1.29 is 14.3 Å². The van der Waals surface area contributed by atoms with E-state index in [1.54, 1.807) is 7.11 Å². The van der Waals surface area contributed by atoms with Crippen molar-refractivity contribution in [2.75, 3.05) is 20.2 Å². The van der Waals surface area contributed by atoms with Gasteiger partial charge in [-0.2, -0.15) is 0 Å². The lowest BCUT2D eigenvalue weighted by Crippen LogP contribution is -2.81. The van der Waals surface area contributed by atoms with Crippen LogP contribution in [-0.4, -0.2) is 48.6 Å². The van der Waals surface area contributed by atoms with Gasteiger partial charge in [-0.05, 0) is 69.0 Å². The molecule has 0 radical (unpaired) electrons. The first-order valence-electron chi connectivity index (χ1n) is 11.2. The highest BCUT2D eigenvalue weighted by molar-refractivity contribution is 5.93. The highest BCUT2D eigenvalue weighted by Gasteiger charge is 2.80. The second-order valence-corrected chi connectivity index (χ2v) is 10.5. The molecule has 4 saturated carbocycles. The van der Waals surface area contributed by atoms with Crippen molar-refractivity contribution in [3.8, 4) is 5.75 Å². The van der Waals surface area contributed by atoms with Crippen LogP contribution in [0.5, 0.6) is 5.75 Å². The number of aryl methyl sites for hydroxylation is 1. The zero-order valence-corrected chi connectivity index (χ0v) is 16.9. The van der Waals surface area contributed by atoms with Crippen LogP contribution < -0.4 is 4.74 Å². The van der Waals surface area contributed by atoms with Gasteiger partial charge >= 0.3 is 0 Å². The summed E-state index contributed by atoms with van der Waals surface area (Å²) in [6, 6.07) is 5.06. The summed E-state index contributed by atoms with van der Waals surface area (Å²) in [5, 5.41) is 0. The molecule has 1 aromatic rings. The highest BCUT2D eigenvalue weighted by Crippen LogP contribution is 2.74. The summed E-state index contributed by atoms with van der Waals surface area (Å²) >= 11 is 0. The fourth-order valence-electron chi connectivity index (χ4n) is 8.24. The molecule has 7 aliphatic rings. The number of Topliss-reactive ketones (excluding diaryl/α,β-unsaturated/α-hetero) is 1. The summed E-state index contributed by atoms with van der Waals surface area (Å²) in [4.78, 5) is 16.3. The third kappa shape index (κ3) is 1.53. The molecule has 4 nitrogen and oxygen atoms in total. The smallest absolute Gasteiger partial charge is 0.169 e. The second-order valence-electron chi connectivity index (χ2n) is 10.5. The van der Waals surface area contributed by atoms with Crippen molar-refractivity contribution in [3.63, 3.8) is 0 Å². The average molecular weight is 380 g/mol. The molecule has 0 aromatic heterocycles. The van der Waals surface area contributed by atoms with Crippen LogP contribution in [0.2, 0.25) is 0 Å². The maximum atomic E-state index is 13.5. The van der Waals surface area contributed by atoms with Crippen LogP contribution in [0.25, 0.3) is 0 Å². The molecule has 5 atom stereocenters. The molecule has 0 unspecified atom stereocenters. The first-order chi connectivity index (χ1) is 13.6. The number of ketones is 1. The fraction of sp³-hybridized carbons (Fsp3) is 0.708. The van der Waals surface area contributed by atoms with Gasteiger partial charge in [0.2, 0.25) is 0 Å². The third-order valence-corrected chi connectivity index (χ3v) is 9.61. The largest absolute Gasteiger partial charge is 0.485 e. The van der Waals surface area contributed by atoms with Crippen LogP contribution >= 0.6 is 0 Å². The van der Waals surface area contributed by atoms with Gasteiger partial charge in [0.15, 0.2) is 11.4 Å². The van der Waals surface area contributed by atoms with Crippen LogP contribution in [0, 0.1) is 18.3 Å². The van der Waals surface area contributed by atoms with Gasteiger partial charge in [-0.15, -0.1) is 0 Å². The Morgan fingerprint density at radius 2 is 2.11 bits per heavy atom. The zero-order chi connectivity index (χ0) is 18.9. The Labute approximate surface area is 166 Å². The zero-order valence-electron chi connectivity index (χ0n) is 16.9. The minimum atomic E-state index is -0.745. The van der Waals surface area contributed by atoms with Crippen molar-refractivity contribution in [1.29, 1.82) is 0 Å². The maximum Gasteiger partial charge on any atom is 0.169 e. The van der Waals surface area contributed by atoms with Gasteiger partial charge in [0.25, 0.3) is 0 Å². The Bertz CT molecular complexity index is 923. The minimum Gasteiger partial charge on any atom is -0.485 e. The number of methoxy groups -OCH3 is 1. The first kappa shape index (κ1) is 16.4. The van der Waals surface area contributed by atoms with E-state index < -0.39 is 5.60 Å². The number of rotatable bonds is 3.